The third-order valence-electron chi connectivity index (χ3n) is 2.45. The van der Waals surface area contributed by atoms with Gasteiger partial charge in [0.25, 0.3) is 0 Å². The Morgan fingerprint density at radius 1 is 1.50 bits per heavy atom. The minimum absolute atomic E-state index is 0.106. The summed E-state index contributed by atoms with van der Waals surface area (Å²) in [6.45, 7) is 0. The molecule has 0 atom stereocenters. The standard InChI is InChI=1S/C11H11N5O2/c1-13-11(12)15-10-7-4-2-3-5-8(7)14-6-9(10)16(17)18/h2-6H,1H3,(H3,12,13,14,15). The summed E-state index contributed by atoms with van der Waals surface area (Å²) >= 11 is 0. The summed E-state index contributed by atoms with van der Waals surface area (Å²) in [5.74, 6) is 0.106. The van der Waals surface area contributed by atoms with Crippen molar-refractivity contribution in [2.24, 2.45) is 10.7 Å². The molecule has 2 aromatic rings. The third-order valence-corrected chi connectivity index (χ3v) is 2.45. The molecule has 3 N–H and O–H groups in total. The van der Waals surface area contributed by atoms with Gasteiger partial charge in [-0.15, -0.1) is 0 Å². The van der Waals surface area contributed by atoms with Crippen LogP contribution in [0.5, 0.6) is 0 Å². The van der Waals surface area contributed by atoms with E-state index < -0.39 is 4.92 Å². The number of para-hydroxylation sites is 1. The Morgan fingerprint density at radius 2 is 2.22 bits per heavy atom. The van der Waals surface area contributed by atoms with Gasteiger partial charge in [-0.1, -0.05) is 18.2 Å². The first kappa shape index (κ1) is 11.8. The molecule has 0 bridgehead atoms. The minimum atomic E-state index is -0.509. The zero-order valence-corrected chi connectivity index (χ0v) is 9.62. The summed E-state index contributed by atoms with van der Waals surface area (Å²) in [7, 11) is 1.50. The summed E-state index contributed by atoms with van der Waals surface area (Å²) in [4.78, 5) is 18.2. The van der Waals surface area contributed by atoms with Crippen molar-refractivity contribution in [3.63, 3.8) is 0 Å². The highest BCUT2D eigenvalue weighted by molar-refractivity contribution is 6.04. The van der Waals surface area contributed by atoms with Gasteiger partial charge in [0.1, 0.15) is 11.9 Å². The molecule has 0 saturated carbocycles. The van der Waals surface area contributed by atoms with Crippen LogP contribution in [0.15, 0.2) is 35.5 Å². The normalized spacial score (nSPS) is 11.5. The van der Waals surface area contributed by atoms with Crippen molar-refractivity contribution >= 4 is 28.2 Å². The molecular weight excluding hydrogens is 234 g/mol. The van der Waals surface area contributed by atoms with E-state index in [0.29, 0.717) is 16.6 Å². The van der Waals surface area contributed by atoms with Crippen LogP contribution in [0.25, 0.3) is 10.9 Å². The number of nitrogens with two attached hydrogens (primary N) is 1. The lowest BCUT2D eigenvalue weighted by Crippen LogP contribution is -2.22. The molecule has 0 saturated heterocycles. The maximum Gasteiger partial charge on any atom is 0.311 e. The fraction of sp³-hybridized carbons (Fsp3) is 0.0909. The van der Waals surface area contributed by atoms with Gasteiger partial charge < -0.3 is 11.1 Å². The maximum absolute atomic E-state index is 11.0. The molecule has 0 aliphatic carbocycles. The van der Waals surface area contributed by atoms with Crippen LogP contribution in [-0.2, 0) is 0 Å². The van der Waals surface area contributed by atoms with Gasteiger partial charge in [0.05, 0.1) is 10.4 Å². The van der Waals surface area contributed by atoms with Crippen molar-refractivity contribution in [3.8, 4) is 0 Å². The van der Waals surface area contributed by atoms with E-state index in [-0.39, 0.29) is 11.6 Å². The smallest absolute Gasteiger partial charge is 0.311 e. The van der Waals surface area contributed by atoms with Crippen LogP contribution >= 0.6 is 0 Å². The molecule has 0 spiro atoms. The van der Waals surface area contributed by atoms with Gasteiger partial charge in [-0.25, -0.2) is 4.98 Å². The summed E-state index contributed by atoms with van der Waals surface area (Å²) in [6.07, 6.45) is 1.20. The number of pyridine rings is 1. The average Bonchev–Trinajstić information content (AvgIpc) is 2.38. The number of anilines is 1. The second kappa shape index (κ2) is 4.66. The van der Waals surface area contributed by atoms with Gasteiger partial charge in [0.2, 0.25) is 0 Å². The number of nitro groups is 1. The van der Waals surface area contributed by atoms with E-state index in [1.807, 2.05) is 6.07 Å². The molecule has 0 amide bonds. The number of guanidine groups is 1. The van der Waals surface area contributed by atoms with Gasteiger partial charge in [0, 0.05) is 12.4 Å². The Hall–Kier alpha value is -2.70. The highest BCUT2D eigenvalue weighted by Gasteiger charge is 2.18. The lowest BCUT2D eigenvalue weighted by Gasteiger charge is -2.08. The van der Waals surface area contributed by atoms with Crippen molar-refractivity contribution < 1.29 is 4.92 Å². The summed E-state index contributed by atoms with van der Waals surface area (Å²) in [6, 6.07) is 7.09. The van der Waals surface area contributed by atoms with Gasteiger partial charge in [0.15, 0.2) is 5.96 Å². The van der Waals surface area contributed by atoms with Crippen molar-refractivity contribution in [2.75, 3.05) is 12.4 Å². The highest BCUT2D eigenvalue weighted by atomic mass is 16.6. The third kappa shape index (κ3) is 2.05. The molecule has 0 unspecified atom stereocenters. The van der Waals surface area contributed by atoms with Crippen LogP contribution in [-0.4, -0.2) is 22.9 Å². The average molecular weight is 245 g/mol. The maximum atomic E-state index is 11.0. The van der Waals surface area contributed by atoms with Crippen LogP contribution in [0.3, 0.4) is 0 Å². The predicted octanol–water partition coefficient (Wildman–Crippen LogP) is 1.50. The molecule has 0 aliphatic heterocycles. The van der Waals surface area contributed by atoms with Gasteiger partial charge in [-0.05, 0) is 6.07 Å². The number of aliphatic imine (C=N–C) groups is 1. The molecule has 1 heterocycles. The largest absolute Gasteiger partial charge is 0.370 e. The number of rotatable bonds is 2. The summed E-state index contributed by atoms with van der Waals surface area (Å²) in [5.41, 5.74) is 6.37. The van der Waals surface area contributed by atoms with Crippen molar-refractivity contribution in [2.45, 2.75) is 0 Å². The molecule has 2 rings (SSSR count). The molecule has 92 valence electrons. The molecule has 18 heavy (non-hydrogen) atoms. The molecule has 0 fully saturated rings. The summed E-state index contributed by atoms with van der Waals surface area (Å²) < 4.78 is 0. The van der Waals surface area contributed by atoms with Crippen LogP contribution in [0.1, 0.15) is 0 Å². The monoisotopic (exact) mass is 245 g/mol. The first-order valence-corrected chi connectivity index (χ1v) is 5.15. The Kier molecular flexibility index (Phi) is 3.05. The first-order chi connectivity index (χ1) is 8.63. The van der Waals surface area contributed by atoms with Crippen LogP contribution in [0, 0.1) is 10.1 Å². The van der Waals surface area contributed by atoms with Gasteiger partial charge in [-0.3, -0.25) is 15.1 Å². The molecule has 7 heteroatoms. The highest BCUT2D eigenvalue weighted by Crippen LogP contribution is 2.30. The van der Waals surface area contributed by atoms with E-state index >= 15 is 0 Å². The molecule has 7 nitrogen and oxygen atoms in total. The molecular formula is C11H11N5O2. The number of fused-ring (bicyclic) bond motifs is 1. The number of nitrogens with one attached hydrogen (secondary N) is 1. The lowest BCUT2D eigenvalue weighted by molar-refractivity contribution is -0.384. The van der Waals surface area contributed by atoms with Crippen molar-refractivity contribution in [3.05, 3.63) is 40.6 Å². The van der Waals surface area contributed by atoms with Crippen molar-refractivity contribution in [1.29, 1.82) is 0 Å². The fourth-order valence-corrected chi connectivity index (χ4v) is 1.58. The summed E-state index contributed by atoms with van der Waals surface area (Å²) in [5, 5.41) is 14.3. The number of aromatic nitrogens is 1. The Balaban J connectivity index is 2.70. The van der Waals surface area contributed by atoms with E-state index in [2.05, 4.69) is 15.3 Å². The van der Waals surface area contributed by atoms with E-state index in [0.717, 1.165) is 0 Å². The van der Waals surface area contributed by atoms with E-state index in [9.17, 15) is 10.1 Å². The van der Waals surface area contributed by atoms with Gasteiger partial charge >= 0.3 is 5.69 Å². The fourth-order valence-electron chi connectivity index (χ4n) is 1.58. The molecule has 1 aromatic heterocycles. The Labute approximate surface area is 103 Å². The van der Waals surface area contributed by atoms with Crippen LogP contribution in [0.2, 0.25) is 0 Å². The molecule has 0 aliphatic rings. The SMILES string of the molecule is CN=C(N)Nc1c([N+](=O)[O-])cnc2ccccc12. The van der Waals surface area contributed by atoms with E-state index in [1.165, 1.54) is 13.2 Å². The zero-order valence-electron chi connectivity index (χ0n) is 9.62. The Bertz CT molecular complexity index is 638. The predicted molar refractivity (Wildman–Crippen MR) is 69.6 cm³/mol. The lowest BCUT2D eigenvalue weighted by atomic mass is 10.1. The quantitative estimate of drug-likeness (QED) is 0.361. The second-order valence-electron chi connectivity index (χ2n) is 3.53. The number of benzene rings is 1. The topological polar surface area (TPSA) is 106 Å². The number of hydrogen-bond donors (Lipinski definition) is 2. The van der Waals surface area contributed by atoms with Crippen LogP contribution in [0.4, 0.5) is 11.4 Å². The van der Waals surface area contributed by atoms with E-state index in [4.69, 9.17) is 5.73 Å². The zero-order chi connectivity index (χ0) is 13.1. The first-order valence-electron chi connectivity index (χ1n) is 5.15. The van der Waals surface area contributed by atoms with Gasteiger partial charge in [-0.2, -0.15) is 0 Å². The second-order valence-corrected chi connectivity index (χ2v) is 3.53. The molecule has 1 aromatic carbocycles. The number of nitrogens with zero attached hydrogens (tertiary/aromatic N) is 3. The van der Waals surface area contributed by atoms with Crippen LogP contribution < -0.4 is 11.1 Å². The minimum Gasteiger partial charge on any atom is -0.370 e. The van der Waals surface area contributed by atoms with E-state index in [1.54, 1.807) is 18.2 Å². The molecule has 0 radical (unpaired) electrons. The van der Waals surface area contributed by atoms with Crippen molar-refractivity contribution in [1.82, 2.24) is 4.98 Å². The number of hydrogen-bond acceptors (Lipinski definition) is 4. The Morgan fingerprint density at radius 3 is 2.89 bits per heavy atom.